The number of amides is 2. The van der Waals surface area contributed by atoms with Crippen LogP contribution in [-0.2, 0) is 14.8 Å². The lowest BCUT2D eigenvalue weighted by molar-refractivity contribution is -0.122. The summed E-state index contributed by atoms with van der Waals surface area (Å²) in [6.07, 6.45) is 0.788. The van der Waals surface area contributed by atoms with Crippen LogP contribution in [0.4, 0.5) is 0 Å². The number of carbonyl (C=O) groups excluding carboxylic acids is 2. The van der Waals surface area contributed by atoms with Crippen molar-refractivity contribution in [1.29, 1.82) is 0 Å². The third-order valence-corrected chi connectivity index (χ3v) is 5.31. The first-order valence-electron chi connectivity index (χ1n) is 7.84. The molecule has 1 aromatic rings. The van der Waals surface area contributed by atoms with Crippen molar-refractivity contribution in [3.05, 3.63) is 23.8 Å². The Kier molecular flexibility index (Phi) is 7.38. The number of ether oxygens (including phenoxy) is 1. The van der Waals surface area contributed by atoms with Gasteiger partial charge in [0, 0.05) is 26.2 Å². The number of hydrogen-bond acceptors (Lipinski definition) is 5. The predicted octanol–water partition coefficient (Wildman–Crippen LogP) is 0.590. The van der Waals surface area contributed by atoms with Crippen molar-refractivity contribution >= 4 is 21.8 Å². The van der Waals surface area contributed by atoms with Gasteiger partial charge in [-0.3, -0.25) is 9.59 Å². The number of nitrogens with zero attached hydrogens (tertiary/aromatic N) is 1. The summed E-state index contributed by atoms with van der Waals surface area (Å²) in [7, 11) is 0.349. The van der Waals surface area contributed by atoms with Crippen LogP contribution in [0.2, 0.25) is 0 Å². The molecule has 0 bridgehead atoms. The highest BCUT2D eigenvalue weighted by Gasteiger charge is 2.24. The van der Waals surface area contributed by atoms with Crippen molar-refractivity contribution in [2.45, 2.75) is 31.2 Å². The summed E-state index contributed by atoms with van der Waals surface area (Å²) in [5, 5.41) is 5.23. The molecule has 0 heterocycles. The molecule has 140 valence electrons. The summed E-state index contributed by atoms with van der Waals surface area (Å²) < 4.78 is 30.9. The van der Waals surface area contributed by atoms with Crippen LogP contribution in [0.25, 0.3) is 0 Å². The average molecular weight is 371 g/mol. The third kappa shape index (κ3) is 5.17. The summed E-state index contributed by atoms with van der Waals surface area (Å²) in [5.74, 6) is -0.708. The van der Waals surface area contributed by atoms with Crippen molar-refractivity contribution in [3.8, 4) is 5.75 Å². The maximum Gasteiger partial charge on any atom is 0.251 e. The smallest absolute Gasteiger partial charge is 0.251 e. The van der Waals surface area contributed by atoms with E-state index in [0.717, 1.165) is 10.7 Å². The molecule has 1 unspecified atom stereocenters. The Bertz CT molecular complexity index is 731. The maximum absolute atomic E-state index is 12.4. The largest absolute Gasteiger partial charge is 0.495 e. The molecule has 0 saturated heterocycles. The molecule has 0 fully saturated rings. The zero-order chi connectivity index (χ0) is 19.2. The molecule has 0 aliphatic rings. The molecule has 0 saturated carbocycles. The molecule has 25 heavy (non-hydrogen) atoms. The van der Waals surface area contributed by atoms with Gasteiger partial charge in [0.05, 0.1) is 7.11 Å². The van der Waals surface area contributed by atoms with Crippen LogP contribution in [-0.4, -0.2) is 58.3 Å². The van der Waals surface area contributed by atoms with E-state index in [2.05, 4.69) is 10.6 Å². The molecule has 0 radical (unpaired) electrons. The third-order valence-electron chi connectivity index (χ3n) is 3.47. The molecule has 1 atom stereocenters. The monoisotopic (exact) mass is 371 g/mol. The fourth-order valence-electron chi connectivity index (χ4n) is 1.96. The van der Waals surface area contributed by atoms with Crippen molar-refractivity contribution in [3.63, 3.8) is 0 Å². The van der Waals surface area contributed by atoms with Gasteiger partial charge in [0.25, 0.3) is 5.91 Å². The Balaban J connectivity index is 3.07. The van der Waals surface area contributed by atoms with E-state index in [1.807, 2.05) is 6.92 Å². The van der Waals surface area contributed by atoms with E-state index in [1.54, 1.807) is 6.92 Å². The second kappa shape index (κ2) is 8.82. The lowest BCUT2D eigenvalue weighted by atomic mass is 10.2. The SMILES string of the molecule is CCCNC(=O)C(C)NC(=O)c1ccc(OC)c(S(=O)(=O)N(C)C)c1. The fraction of sp³-hybridized carbons (Fsp3) is 0.500. The Morgan fingerprint density at radius 2 is 1.92 bits per heavy atom. The highest BCUT2D eigenvalue weighted by atomic mass is 32.2. The minimum Gasteiger partial charge on any atom is -0.495 e. The first-order valence-corrected chi connectivity index (χ1v) is 9.28. The van der Waals surface area contributed by atoms with E-state index in [4.69, 9.17) is 4.74 Å². The first kappa shape index (κ1) is 20.9. The number of nitrogens with one attached hydrogen (secondary N) is 2. The Hall–Kier alpha value is -2.13. The summed E-state index contributed by atoms with van der Waals surface area (Å²) in [5.41, 5.74) is 0.122. The zero-order valence-corrected chi connectivity index (χ0v) is 15.9. The van der Waals surface area contributed by atoms with E-state index in [9.17, 15) is 18.0 Å². The van der Waals surface area contributed by atoms with Crippen molar-refractivity contribution in [1.82, 2.24) is 14.9 Å². The van der Waals surface area contributed by atoms with E-state index in [0.29, 0.717) is 6.54 Å². The van der Waals surface area contributed by atoms with E-state index in [1.165, 1.54) is 39.4 Å². The summed E-state index contributed by atoms with van der Waals surface area (Å²) >= 11 is 0. The normalized spacial score (nSPS) is 12.6. The van der Waals surface area contributed by atoms with Crippen LogP contribution in [0.5, 0.6) is 5.75 Å². The lowest BCUT2D eigenvalue weighted by Gasteiger charge is -2.17. The van der Waals surface area contributed by atoms with Gasteiger partial charge in [0.15, 0.2) is 0 Å². The summed E-state index contributed by atoms with van der Waals surface area (Å²) in [6.45, 7) is 4.00. The van der Waals surface area contributed by atoms with Gasteiger partial charge in [0.2, 0.25) is 15.9 Å². The van der Waals surface area contributed by atoms with Crippen LogP contribution < -0.4 is 15.4 Å². The van der Waals surface area contributed by atoms with Crippen LogP contribution in [0.1, 0.15) is 30.6 Å². The van der Waals surface area contributed by atoms with E-state index < -0.39 is 22.0 Å². The number of rotatable bonds is 8. The van der Waals surface area contributed by atoms with Crippen molar-refractivity contribution < 1.29 is 22.7 Å². The van der Waals surface area contributed by atoms with Gasteiger partial charge in [0.1, 0.15) is 16.7 Å². The second-order valence-electron chi connectivity index (χ2n) is 5.64. The van der Waals surface area contributed by atoms with Gasteiger partial charge < -0.3 is 15.4 Å². The van der Waals surface area contributed by atoms with Crippen molar-refractivity contribution in [2.75, 3.05) is 27.7 Å². The molecular formula is C16H25N3O5S. The second-order valence-corrected chi connectivity index (χ2v) is 7.76. The average Bonchev–Trinajstić information content (AvgIpc) is 2.58. The number of sulfonamides is 1. The van der Waals surface area contributed by atoms with Gasteiger partial charge in [-0.2, -0.15) is 0 Å². The standard InChI is InChI=1S/C16H25N3O5S/c1-6-9-17-15(20)11(2)18-16(21)12-7-8-13(24-5)14(10-12)25(22,23)19(3)4/h7-8,10-11H,6,9H2,1-5H3,(H,17,20)(H,18,21). The molecule has 1 rings (SSSR count). The number of benzene rings is 1. The number of methoxy groups -OCH3 is 1. The minimum absolute atomic E-state index is 0.115. The van der Waals surface area contributed by atoms with Crippen LogP contribution in [0.3, 0.4) is 0 Å². The van der Waals surface area contributed by atoms with Gasteiger partial charge in [-0.1, -0.05) is 6.92 Å². The molecule has 1 aromatic carbocycles. The zero-order valence-electron chi connectivity index (χ0n) is 15.1. The van der Waals surface area contributed by atoms with Crippen molar-refractivity contribution in [2.24, 2.45) is 0 Å². The fourth-order valence-corrected chi connectivity index (χ4v) is 3.04. The highest BCUT2D eigenvalue weighted by Crippen LogP contribution is 2.26. The summed E-state index contributed by atoms with van der Waals surface area (Å²) in [6, 6.07) is 3.35. The summed E-state index contributed by atoms with van der Waals surface area (Å²) in [4.78, 5) is 24.1. The molecule has 9 heteroatoms. The van der Waals surface area contributed by atoms with E-state index in [-0.39, 0.29) is 22.1 Å². The molecule has 2 amide bonds. The number of carbonyl (C=O) groups is 2. The Labute approximate surface area is 148 Å². The van der Waals surface area contributed by atoms with Gasteiger partial charge in [-0.15, -0.1) is 0 Å². The number of hydrogen-bond donors (Lipinski definition) is 2. The molecule has 2 N–H and O–H groups in total. The lowest BCUT2D eigenvalue weighted by Crippen LogP contribution is -2.45. The molecule has 0 spiro atoms. The van der Waals surface area contributed by atoms with Gasteiger partial charge >= 0.3 is 0 Å². The highest BCUT2D eigenvalue weighted by molar-refractivity contribution is 7.89. The quantitative estimate of drug-likeness (QED) is 0.696. The van der Waals surface area contributed by atoms with Crippen LogP contribution >= 0.6 is 0 Å². The van der Waals surface area contributed by atoms with Gasteiger partial charge in [-0.25, -0.2) is 12.7 Å². The minimum atomic E-state index is -3.78. The van der Waals surface area contributed by atoms with Gasteiger partial charge in [-0.05, 0) is 31.5 Å². The predicted molar refractivity (Wildman–Crippen MR) is 94.1 cm³/mol. The molecule has 0 aliphatic heterocycles. The molecular weight excluding hydrogens is 346 g/mol. The van der Waals surface area contributed by atoms with Crippen LogP contribution in [0, 0.1) is 0 Å². The van der Waals surface area contributed by atoms with Crippen LogP contribution in [0.15, 0.2) is 23.1 Å². The first-order chi connectivity index (χ1) is 11.6. The Morgan fingerprint density at radius 3 is 2.44 bits per heavy atom. The molecule has 8 nitrogen and oxygen atoms in total. The molecule has 0 aliphatic carbocycles. The Morgan fingerprint density at radius 1 is 1.28 bits per heavy atom. The van der Waals surface area contributed by atoms with E-state index >= 15 is 0 Å². The topological polar surface area (TPSA) is 105 Å². The molecule has 0 aromatic heterocycles. The maximum atomic E-state index is 12.4.